The SMILES string of the molecule is CC(C)CCCCCCCCCCCCCCC(=O)NC(C)C[N+]1([O-])CCOCC1. The summed E-state index contributed by atoms with van der Waals surface area (Å²) in [6.45, 7) is 9.08. The number of carbonyl (C=O) groups is 1. The summed E-state index contributed by atoms with van der Waals surface area (Å²) in [5, 5.41) is 15.5. The quantitative estimate of drug-likeness (QED) is 0.167. The van der Waals surface area contributed by atoms with Gasteiger partial charge in [-0.25, -0.2) is 0 Å². The van der Waals surface area contributed by atoms with Gasteiger partial charge in [0.2, 0.25) is 5.91 Å². The molecule has 1 atom stereocenters. The molecule has 178 valence electrons. The molecule has 1 saturated heterocycles. The number of amides is 1. The Bertz CT molecular complexity index is 423. The van der Waals surface area contributed by atoms with Crippen LogP contribution in [0.4, 0.5) is 0 Å². The van der Waals surface area contributed by atoms with Crippen molar-refractivity contribution in [2.75, 3.05) is 32.8 Å². The largest absolute Gasteiger partial charge is 0.633 e. The van der Waals surface area contributed by atoms with E-state index in [2.05, 4.69) is 19.2 Å². The second-order valence-electron chi connectivity index (χ2n) is 9.94. The first-order valence-electron chi connectivity index (χ1n) is 12.9. The monoisotopic (exact) mass is 426 g/mol. The van der Waals surface area contributed by atoms with Crippen LogP contribution in [0.15, 0.2) is 0 Å². The summed E-state index contributed by atoms with van der Waals surface area (Å²) >= 11 is 0. The van der Waals surface area contributed by atoms with Crippen molar-refractivity contribution in [1.29, 1.82) is 0 Å². The van der Waals surface area contributed by atoms with Crippen LogP contribution < -0.4 is 5.32 Å². The average Bonchev–Trinajstić information content (AvgIpc) is 2.68. The first-order valence-corrected chi connectivity index (χ1v) is 12.9. The molecule has 30 heavy (non-hydrogen) atoms. The van der Waals surface area contributed by atoms with Crippen molar-refractivity contribution < 1.29 is 14.2 Å². The lowest BCUT2D eigenvalue weighted by Gasteiger charge is -2.46. The molecular formula is C25H50N2O3. The van der Waals surface area contributed by atoms with Gasteiger partial charge in [-0.15, -0.1) is 0 Å². The molecule has 1 heterocycles. The van der Waals surface area contributed by atoms with Crippen molar-refractivity contribution in [3.8, 4) is 0 Å². The summed E-state index contributed by atoms with van der Waals surface area (Å²) in [7, 11) is 0. The van der Waals surface area contributed by atoms with Crippen LogP contribution >= 0.6 is 0 Å². The molecule has 0 radical (unpaired) electrons. The molecule has 1 N–H and O–H groups in total. The van der Waals surface area contributed by atoms with E-state index in [0.717, 1.165) is 18.8 Å². The van der Waals surface area contributed by atoms with Crippen LogP contribution in [0.25, 0.3) is 0 Å². The van der Waals surface area contributed by atoms with Gasteiger partial charge in [-0.05, 0) is 19.3 Å². The minimum absolute atomic E-state index is 0.0664. The van der Waals surface area contributed by atoms with E-state index < -0.39 is 0 Å². The van der Waals surface area contributed by atoms with E-state index in [1.165, 1.54) is 70.6 Å². The fourth-order valence-corrected chi connectivity index (χ4v) is 4.36. The highest BCUT2D eigenvalue weighted by molar-refractivity contribution is 5.76. The fourth-order valence-electron chi connectivity index (χ4n) is 4.36. The molecular weight excluding hydrogens is 376 g/mol. The van der Waals surface area contributed by atoms with Gasteiger partial charge in [0.1, 0.15) is 13.1 Å². The Kier molecular flexibility index (Phi) is 15.5. The van der Waals surface area contributed by atoms with Gasteiger partial charge < -0.3 is 19.9 Å². The molecule has 0 bridgehead atoms. The van der Waals surface area contributed by atoms with Crippen LogP contribution in [-0.4, -0.2) is 49.4 Å². The van der Waals surface area contributed by atoms with Crippen molar-refractivity contribution in [3.05, 3.63) is 5.21 Å². The molecule has 5 nitrogen and oxygen atoms in total. The number of hydrogen-bond acceptors (Lipinski definition) is 3. The zero-order valence-corrected chi connectivity index (χ0v) is 20.3. The third-order valence-corrected chi connectivity index (χ3v) is 6.24. The predicted octanol–water partition coefficient (Wildman–Crippen LogP) is 5.95. The molecule has 1 rings (SSSR count). The van der Waals surface area contributed by atoms with Crippen LogP contribution in [0.2, 0.25) is 0 Å². The van der Waals surface area contributed by atoms with Gasteiger partial charge in [-0.3, -0.25) is 4.79 Å². The van der Waals surface area contributed by atoms with Crippen molar-refractivity contribution in [3.63, 3.8) is 0 Å². The minimum Gasteiger partial charge on any atom is -0.633 e. The second kappa shape index (κ2) is 17.0. The Morgan fingerprint density at radius 1 is 0.833 bits per heavy atom. The number of hydrogen-bond donors (Lipinski definition) is 1. The van der Waals surface area contributed by atoms with E-state index in [9.17, 15) is 10.0 Å². The van der Waals surface area contributed by atoms with Crippen molar-refractivity contribution in [2.45, 2.75) is 117 Å². The van der Waals surface area contributed by atoms with E-state index in [4.69, 9.17) is 4.74 Å². The summed E-state index contributed by atoms with van der Waals surface area (Å²) in [4.78, 5) is 12.1. The smallest absolute Gasteiger partial charge is 0.220 e. The molecule has 5 heteroatoms. The van der Waals surface area contributed by atoms with Crippen LogP contribution in [-0.2, 0) is 9.53 Å². The fraction of sp³-hybridized carbons (Fsp3) is 0.960. The Morgan fingerprint density at radius 2 is 1.30 bits per heavy atom. The molecule has 0 spiro atoms. The highest BCUT2D eigenvalue weighted by atomic mass is 16.6. The summed E-state index contributed by atoms with van der Waals surface area (Å²) < 4.78 is 5.03. The van der Waals surface area contributed by atoms with Gasteiger partial charge in [0.25, 0.3) is 0 Å². The maximum atomic E-state index is 12.5. The first-order chi connectivity index (χ1) is 14.4. The minimum atomic E-state index is -0.237. The highest BCUT2D eigenvalue weighted by Crippen LogP contribution is 2.14. The number of ether oxygens (including phenoxy) is 1. The van der Waals surface area contributed by atoms with Crippen LogP contribution in [0.1, 0.15) is 111 Å². The Hall–Kier alpha value is -0.650. The molecule has 1 unspecified atom stereocenters. The number of rotatable bonds is 18. The summed E-state index contributed by atoms with van der Waals surface area (Å²) in [6.07, 6.45) is 17.7. The maximum absolute atomic E-state index is 12.5. The van der Waals surface area contributed by atoms with Gasteiger partial charge in [-0.1, -0.05) is 90.9 Å². The maximum Gasteiger partial charge on any atom is 0.220 e. The highest BCUT2D eigenvalue weighted by Gasteiger charge is 2.24. The van der Waals surface area contributed by atoms with Crippen LogP contribution in [0.5, 0.6) is 0 Å². The normalized spacial score (nSPS) is 17.2. The average molecular weight is 427 g/mol. The topological polar surface area (TPSA) is 61.4 Å². The summed E-state index contributed by atoms with van der Waals surface area (Å²) in [6, 6.07) is -0.0664. The van der Waals surface area contributed by atoms with E-state index >= 15 is 0 Å². The van der Waals surface area contributed by atoms with Gasteiger partial charge in [0.05, 0.1) is 25.8 Å². The summed E-state index contributed by atoms with van der Waals surface area (Å²) in [5.41, 5.74) is 0. The molecule has 1 aliphatic heterocycles. The third-order valence-electron chi connectivity index (χ3n) is 6.24. The van der Waals surface area contributed by atoms with Crippen LogP contribution in [0, 0.1) is 11.1 Å². The number of unbranched alkanes of at least 4 members (excludes halogenated alkanes) is 11. The number of nitrogens with zero attached hydrogens (tertiary/aromatic N) is 1. The third kappa shape index (κ3) is 15.2. The Balaban J connectivity index is 1.85. The molecule has 0 aromatic rings. The Labute approximate surface area is 186 Å². The lowest BCUT2D eigenvalue weighted by atomic mass is 10.0. The summed E-state index contributed by atoms with van der Waals surface area (Å²) in [5.74, 6) is 0.950. The lowest BCUT2D eigenvalue weighted by molar-refractivity contribution is -0.889. The van der Waals surface area contributed by atoms with E-state index in [-0.39, 0.29) is 16.6 Å². The number of carbonyl (C=O) groups excluding carboxylic acids is 1. The van der Waals surface area contributed by atoms with E-state index in [1.54, 1.807) is 0 Å². The Morgan fingerprint density at radius 3 is 1.80 bits per heavy atom. The number of nitrogens with one attached hydrogen (secondary N) is 1. The first kappa shape index (κ1) is 27.4. The standard InChI is InChI=1S/C25H50N2O3/c1-23(2)16-14-12-10-8-6-4-5-7-9-11-13-15-17-25(28)26-24(3)22-27(29)18-20-30-21-19-27/h23-24H,4-22H2,1-3H3,(H,26,28). The second-order valence-corrected chi connectivity index (χ2v) is 9.94. The van der Waals surface area contributed by atoms with Crippen molar-refractivity contribution in [2.24, 2.45) is 5.92 Å². The van der Waals surface area contributed by atoms with Crippen molar-refractivity contribution in [1.82, 2.24) is 5.32 Å². The zero-order chi connectivity index (χ0) is 22.1. The van der Waals surface area contributed by atoms with E-state index in [1.807, 2.05) is 6.92 Å². The molecule has 0 aromatic carbocycles. The molecule has 0 aliphatic carbocycles. The molecule has 1 fully saturated rings. The van der Waals surface area contributed by atoms with Gasteiger partial charge in [-0.2, -0.15) is 0 Å². The lowest BCUT2D eigenvalue weighted by Crippen LogP contribution is -2.56. The molecule has 1 aliphatic rings. The molecule has 1 amide bonds. The zero-order valence-electron chi connectivity index (χ0n) is 20.3. The number of morpholine rings is 1. The van der Waals surface area contributed by atoms with Gasteiger partial charge in [0.15, 0.2) is 0 Å². The van der Waals surface area contributed by atoms with Crippen molar-refractivity contribution >= 4 is 5.91 Å². The number of hydroxylamine groups is 3. The predicted molar refractivity (Wildman–Crippen MR) is 126 cm³/mol. The van der Waals surface area contributed by atoms with E-state index in [0.29, 0.717) is 39.3 Å². The van der Waals surface area contributed by atoms with Gasteiger partial charge in [0, 0.05) is 6.42 Å². The van der Waals surface area contributed by atoms with Crippen LogP contribution in [0.3, 0.4) is 0 Å². The molecule has 0 aromatic heterocycles. The molecule has 0 saturated carbocycles. The van der Waals surface area contributed by atoms with Gasteiger partial charge >= 0.3 is 0 Å². The number of quaternary nitrogens is 1.